The zero-order chi connectivity index (χ0) is 24.0. The fraction of sp³-hybridized carbons (Fsp3) is 0.227. The molecule has 0 bridgehead atoms. The molecule has 2 aromatic carbocycles. The largest absolute Gasteiger partial charge is 0.480 e. The van der Waals surface area contributed by atoms with Crippen molar-refractivity contribution in [2.75, 3.05) is 13.1 Å². The van der Waals surface area contributed by atoms with Crippen LogP contribution in [0.4, 0.5) is 0 Å². The molecular weight excluding hydrogens is 506 g/mol. The first-order valence-corrected chi connectivity index (χ1v) is 11.3. The van der Waals surface area contributed by atoms with Crippen LogP contribution in [0, 0.1) is 0 Å². The van der Waals surface area contributed by atoms with Crippen LogP contribution in [0.15, 0.2) is 58.2 Å². The first kappa shape index (κ1) is 22.0. The molecule has 2 atom stereocenters. The second kappa shape index (κ2) is 8.54. The molecule has 34 heavy (non-hydrogen) atoms. The summed E-state index contributed by atoms with van der Waals surface area (Å²) in [5.74, 6) is -1.94. The molecule has 5 rings (SSSR count). The second-order valence-corrected chi connectivity index (χ2v) is 9.02. The lowest BCUT2D eigenvalue weighted by molar-refractivity contribution is -0.140. The quantitative estimate of drug-likeness (QED) is 0.388. The van der Waals surface area contributed by atoms with Crippen molar-refractivity contribution in [3.63, 3.8) is 0 Å². The highest BCUT2D eigenvalue weighted by Crippen LogP contribution is 2.35. The first-order chi connectivity index (χ1) is 16.3. The molecule has 1 aromatic heterocycles. The van der Waals surface area contributed by atoms with E-state index >= 15 is 0 Å². The molecule has 11 nitrogen and oxygen atoms in total. The number of aromatic amines is 1. The molecule has 5 N–H and O–H groups in total. The molecule has 0 aliphatic carbocycles. The van der Waals surface area contributed by atoms with E-state index in [4.69, 9.17) is 5.73 Å². The van der Waals surface area contributed by atoms with Gasteiger partial charge in [-0.05, 0) is 47.9 Å². The van der Waals surface area contributed by atoms with E-state index in [0.29, 0.717) is 46.4 Å². The summed E-state index contributed by atoms with van der Waals surface area (Å²) in [6, 6.07) is 10.1. The van der Waals surface area contributed by atoms with Crippen molar-refractivity contribution in [3.05, 3.63) is 69.3 Å². The summed E-state index contributed by atoms with van der Waals surface area (Å²) in [5, 5.41) is 21.8. The van der Waals surface area contributed by atoms with E-state index in [0.717, 1.165) is 4.47 Å². The Balaban J connectivity index is 1.48. The molecule has 0 saturated heterocycles. The van der Waals surface area contributed by atoms with Gasteiger partial charge in [-0.2, -0.15) is 15.4 Å². The molecule has 2 unspecified atom stereocenters. The Labute approximate surface area is 201 Å². The van der Waals surface area contributed by atoms with Crippen molar-refractivity contribution in [2.45, 2.75) is 18.5 Å². The Kier molecular flexibility index (Phi) is 5.54. The van der Waals surface area contributed by atoms with Crippen molar-refractivity contribution in [1.29, 1.82) is 0 Å². The number of carbonyl (C=O) groups is 3. The predicted octanol–water partition coefficient (Wildman–Crippen LogP) is 1.32. The molecule has 0 saturated carbocycles. The third-order valence-electron chi connectivity index (χ3n) is 6.08. The SMILES string of the molecule is NC(=O)C(c1ccc(Br)cc1)N1NC(C(=O)O)C2=C1CN(C(=O)c1ccc3n[nH]nc3c1)CC2. The van der Waals surface area contributed by atoms with Crippen molar-refractivity contribution >= 4 is 44.7 Å². The van der Waals surface area contributed by atoms with Gasteiger partial charge in [0.2, 0.25) is 5.91 Å². The Hall–Kier alpha value is -3.77. The Morgan fingerprint density at radius 1 is 1.12 bits per heavy atom. The summed E-state index contributed by atoms with van der Waals surface area (Å²) in [5.41, 5.74) is 12.1. The number of aliphatic carboxylic acids is 1. The Morgan fingerprint density at radius 3 is 2.56 bits per heavy atom. The molecule has 0 fully saturated rings. The van der Waals surface area contributed by atoms with Crippen LogP contribution >= 0.6 is 15.9 Å². The number of primary amides is 1. The lowest BCUT2D eigenvalue weighted by atomic mass is 9.98. The summed E-state index contributed by atoms with van der Waals surface area (Å²) in [6.45, 7) is 0.468. The van der Waals surface area contributed by atoms with Gasteiger partial charge in [0.05, 0.1) is 12.2 Å². The number of rotatable bonds is 5. The number of hydrazine groups is 1. The van der Waals surface area contributed by atoms with Crippen LogP contribution in [0.5, 0.6) is 0 Å². The van der Waals surface area contributed by atoms with Gasteiger partial charge in [-0.3, -0.25) is 19.4 Å². The monoisotopic (exact) mass is 525 g/mol. The normalized spacial score (nSPS) is 18.8. The number of nitrogens with zero attached hydrogens (tertiary/aromatic N) is 4. The standard InChI is InChI=1S/C22H20BrN7O4/c23-13-4-1-11(2-5-13)19(20(24)31)30-17-10-29(8-7-14(17)18(27-30)22(33)34)21(32)12-3-6-15-16(9-12)26-28-25-15/h1-6,9,18-19,27H,7-8,10H2,(H2,24,31)(H,33,34)(H,25,26,28). The van der Waals surface area contributed by atoms with E-state index in [2.05, 4.69) is 36.8 Å². The highest BCUT2D eigenvalue weighted by Gasteiger charge is 2.43. The number of nitrogens with two attached hydrogens (primary N) is 1. The van der Waals surface area contributed by atoms with Crippen LogP contribution in [-0.4, -0.2) is 67.3 Å². The second-order valence-electron chi connectivity index (χ2n) is 8.10. The minimum atomic E-state index is -1.06. The molecule has 0 radical (unpaired) electrons. The number of aromatic nitrogens is 3. The summed E-state index contributed by atoms with van der Waals surface area (Å²) < 4.78 is 0.829. The number of amides is 2. The van der Waals surface area contributed by atoms with Crippen LogP contribution in [0.3, 0.4) is 0 Å². The van der Waals surface area contributed by atoms with Crippen LogP contribution in [0.25, 0.3) is 11.0 Å². The first-order valence-electron chi connectivity index (χ1n) is 10.5. The number of hydrogen-bond acceptors (Lipinski definition) is 7. The van der Waals surface area contributed by atoms with Gasteiger partial charge in [0, 0.05) is 16.6 Å². The van der Waals surface area contributed by atoms with Crippen LogP contribution in [0.1, 0.15) is 28.4 Å². The van der Waals surface area contributed by atoms with E-state index < -0.39 is 24.0 Å². The average Bonchev–Trinajstić information content (AvgIpc) is 3.44. The smallest absolute Gasteiger partial charge is 0.326 e. The molecule has 2 amide bonds. The van der Waals surface area contributed by atoms with E-state index in [1.54, 1.807) is 47.4 Å². The zero-order valence-electron chi connectivity index (χ0n) is 17.7. The lowest BCUT2D eigenvalue weighted by Gasteiger charge is -2.35. The number of halogens is 1. The zero-order valence-corrected chi connectivity index (χ0v) is 19.3. The maximum absolute atomic E-state index is 13.3. The highest BCUT2D eigenvalue weighted by molar-refractivity contribution is 9.10. The predicted molar refractivity (Wildman–Crippen MR) is 124 cm³/mol. The van der Waals surface area contributed by atoms with Gasteiger partial charge < -0.3 is 15.7 Å². The van der Waals surface area contributed by atoms with Crippen LogP contribution in [0.2, 0.25) is 0 Å². The van der Waals surface area contributed by atoms with Gasteiger partial charge in [-0.1, -0.05) is 28.1 Å². The fourth-order valence-electron chi connectivity index (χ4n) is 4.45. The number of fused-ring (bicyclic) bond motifs is 1. The molecule has 2 aliphatic heterocycles. The molecule has 2 aliphatic rings. The Bertz CT molecular complexity index is 1340. The topological polar surface area (TPSA) is 158 Å². The Morgan fingerprint density at radius 2 is 1.85 bits per heavy atom. The third-order valence-corrected chi connectivity index (χ3v) is 6.61. The van der Waals surface area contributed by atoms with E-state index in [-0.39, 0.29) is 12.5 Å². The number of carboxylic acids is 1. The summed E-state index contributed by atoms with van der Waals surface area (Å²) >= 11 is 3.37. The fourth-order valence-corrected chi connectivity index (χ4v) is 4.71. The molecular formula is C22H20BrN7O4. The number of benzene rings is 2. The van der Waals surface area contributed by atoms with Crippen LogP contribution in [-0.2, 0) is 9.59 Å². The number of hydrogen-bond donors (Lipinski definition) is 4. The maximum Gasteiger partial charge on any atom is 0.326 e. The van der Waals surface area contributed by atoms with E-state index in [1.807, 2.05) is 0 Å². The number of carboxylic acid groups (broad SMARTS) is 1. The lowest BCUT2D eigenvalue weighted by Crippen LogP contribution is -2.48. The third kappa shape index (κ3) is 3.80. The molecule has 174 valence electrons. The van der Waals surface area contributed by atoms with Gasteiger partial charge in [0.25, 0.3) is 5.91 Å². The van der Waals surface area contributed by atoms with Gasteiger partial charge in [-0.15, -0.1) is 0 Å². The van der Waals surface area contributed by atoms with Crippen molar-refractivity contribution < 1.29 is 19.5 Å². The van der Waals surface area contributed by atoms with E-state index in [9.17, 15) is 19.5 Å². The summed E-state index contributed by atoms with van der Waals surface area (Å²) in [7, 11) is 0. The molecule has 12 heteroatoms. The maximum atomic E-state index is 13.3. The van der Waals surface area contributed by atoms with Gasteiger partial charge in [-0.25, -0.2) is 5.43 Å². The number of H-pyrrole nitrogens is 1. The minimum Gasteiger partial charge on any atom is -0.480 e. The highest BCUT2D eigenvalue weighted by atomic mass is 79.9. The summed E-state index contributed by atoms with van der Waals surface area (Å²) in [6.07, 6.45) is 0.347. The summed E-state index contributed by atoms with van der Waals surface area (Å²) in [4.78, 5) is 39.4. The van der Waals surface area contributed by atoms with Crippen molar-refractivity contribution in [2.24, 2.45) is 5.73 Å². The average molecular weight is 526 g/mol. The molecule has 0 spiro atoms. The van der Waals surface area contributed by atoms with Gasteiger partial charge in [0.15, 0.2) is 0 Å². The van der Waals surface area contributed by atoms with Gasteiger partial charge >= 0.3 is 5.97 Å². The molecule has 3 heterocycles. The van der Waals surface area contributed by atoms with Gasteiger partial charge in [0.1, 0.15) is 23.1 Å². The van der Waals surface area contributed by atoms with Crippen molar-refractivity contribution in [3.8, 4) is 0 Å². The minimum absolute atomic E-state index is 0.127. The van der Waals surface area contributed by atoms with Crippen molar-refractivity contribution in [1.82, 2.24) is 30.7 Å². The van der Waals surface area contributed by atoms with E-state index in [1.165, 1.54) is 5.01 Å². The van der Waals surface area contributed by atoms with Crippen LogP contribution < -0.4 is 11.2 Å². The number of carbonyl (C=O) groups excluding carboxylic acids is 2. The molecule has 3 aromatic rings. The number of nitrogens with one attached hydrogen (secondary N) is 2.